The monoisotopic (exact) mass is 543 g/mol. The summed E-state index contributed by atoms with van der Waals surface area (Å²) in [7, 11) is 0. The second-order valence-electron chi connectivity index (χ2n) is 9.10. The maximum absolute atomic E-state index is 13.3. The van der Waals surface area contributed by atoms with Gasteiger partial charge in [-0.05, 0) is 86.6 Å². The summed E-state index contributed by atoms with van der Waals surface area (Å²) in [6.45, 7) is 5.16. The number of aromatic nitrogens is 1. The number of alkyl halides is 3. The van der Waals surface area contributed by atoms with Gasteiger partial charge in [0.15, 0.2) is 0 Å². The zero-order chi connectivity index (χ0) is 27.7. The molecule has 3 aromatic rings. The number of nitrogens with zero attached hydrogens (tertiary/aromatic N) is 3. The molecule has 0 spiro atoms. The number of thioether (sulfide) groups is 1. The van der Waals surface area contributed by atoms with Crippen molar-refractivity contribution in [1.82, 2.24) is 9.88 Å². The summed E-state index contributed by atoms with van der Waals surface area (Å²) in [6, 6.07) is 14.5. The normalized spacial score (nSPS) is 15.1. The molecule has 4 rings (SSSR count). The molecule has 1 aromatic heterocycles. The van der Waals surface area contributed by atoms with Gasteiger partial charge < -0.3 is 10.2 Å². The molecular weight excluding hydrogens is 519 g/mol. The molecule has 2 heterocycles. The van der Waals surface area contributed by atoms with Crippen LogP contribution in [0.1, 0.15) is 25.0 Å². The van der Waals surface area contributed by atoms with Crippen molar-refractivity contribution in [3.8, 4) is 0 Å². The van der Waals surface area contributed by atoms with E-state index in [2.05, 4.69) is 15.6 Å². The number of hydrogen-bond donors (Lipinski definition) is 2. The fourth-order valence-electron chi connectivity index (χ4n) is 3.86. The SMILES string of the molecule is Cc1ccc(NC(=O)Nc2cc(CN3C(=O)N(c4ccc(SC(F)(F)F)cc4)C(=O)C3(C)C)ccn2)cc1. The van der Waals surface area contributed by atoms with Crippen LogP contribution in [0.15, 0.2) is 71.8 Å². The number of carbonyl (C=O) groups excluding carboxylic acids is 3. The highest BCUT2D eigenvalue weighted by Gasteiger charge is 2.51. The molecule has 0 atom stereocenters. The molecule has 2 N–H and O–H groups in total. The standard InChI is InChI=1S/C26H24F3N5O3S/c1-16-4-6-18(7-5-16)31-23(36)32-21-14-17(12-13-30-21)15-33-24(37)34(22(35)25(33,2)3)19-8-10-20(11-9-19)38-26(27,28)29/h4-14H,15H2,1-3H3,(H2,30,31,32,36). The number of halogens is 3. The maximum Gasteiger partial charge on any atom is 0.446 e. The highest BCUT2D eigenvalue weighted by molar-refractivity contribution is 8.00. The Kier molecular flexibility index (Phi) is 7.36. The van der Waals surface area contributed by atoms with Crippen molar-refractivity contribution < 1.29 is 27.6 Å². The summed E-state index contributed by atoms with van der Waals surface area (Å²) in [5, 5.41) is 5.35. The summed E-state index contributed by atoms with van der Waals surface area (Å²) in [4.78, 5) is 45.2. The molecule has 1 saturated heterocycles. The average Bonchev–Trinajstić information content (AvgIpc) is 3.00. The molecule has 38 heavy (non-hydrogen) atoms. The molecule has 0 radical (unpaired) electrons. The van der Waals surface area contributed by atoms with Gasteiger partial charge in [0, 0.05) is 23.3 Å². The van der Waals surface area contributed by atoms with Crippen molar-refractivity contribution in [1.29, 1.82) is 0 Å². The fraction of sp³-hybridized carbons (Fsp3) is 0.231. The molecule has 8 nitrogen and oxygen atoms in total. The highest BCUT2D eigenvalue weighted by atomic mass is 32.2. The number of amides is 5. The van der Waals surface area contributed by atoms with Crippen molar-refractivity contribution in [2.75, 3.05) is 15.5 Å². The molecule has 0 aliphatic carbocycles. The number of aryl methyl sites for hydroxylation is 1. The van der Waals surface area contributed by atoms with E-state index in [-0.39, 0.29) is 34.7 Å². The first-order chi connectivity index (χ1) is 17.8. The highest BCUT2D eigenvalue weighted by Crippen LogP contribution is 2.39. The summed E-state index contributed by atoms with van der Waals surface area (Å²) in [6.07, 6.45) is 1.47. The van der Waals surface area contributed by atoms with Gasteiger partial charge in [-0.25, -0.2) is 19.5 Å². The van der Waals surface area contributed by atoms with Crippen LogP contribution in [0.2, 0.25) is 0 Å². The van der Waals surface area contributed by atoms with Crippen LogP contribution in [0.4, 0.5) is 40.0 Å². The van der Waals surface area contributed by atoms with E-state index in [1.807, 2.05) is 19.1 Å². The molecular formula is C26H24F3N5O3S. The Morgan fingerprint density at radius 2 is 1.66 bits per heavy atom. The number of pyridine rings is 1. The van der Waals surface area contributed by atoms with E-state index in [9.17, 15) is 27.6 Å². The quantitative estimate of drug-likeness (QED) is 0.277. The number of rotatable bonds is 6. The number of nitrogens with one attached hydrogen (secondary N) is 2. The summed E-state index contributed by atoms with van der Waals surface area (Å²) in [5.74, 6) is -0.263. The molecule has 0 unspecified atom stereocenters. The second kappa shape index (κ2) is 10.4. The van der Waals surface area contributed by atoms with Crippen LogP contribution in [0.5, 0.6) is 0 Å². The number of benzene rings is 2. The minimum atomic E-state index is -4.45. The lowest BCUT2D eigenvalue weighted by Crippen LogP contribution is -2.43. The van der Waals surface area contributed by atoms with Crippen LogP contribution in [0, 0.1) is 6.92 Å². The Labute approximate surface area is 221 Å². The third-order valence-corrected chi connectivity index (χ3v) is 6.61. The van der Waals surface area contributed by atoms with Gasteiger partial charge in [-0.3, -0.25) is 10.1 Å². The van der Waals surface area contributed by atoms with Crippen LogP contribution in [-0.2, 0) is 11.3 Å². The van der Waals surface area contributed by atoms with Gasteiger partial charge in [-0.1, -0.05) is 17.7 Å². The van der Waals surface area contributed by atoms with Crippen molar-refractivity contribution in [3.05, 3.63) is 78.0 Å². The smallest absolute Gasteiger partial charge is 0.308 e. The van der Waals surface area contributed by atoms with E-state index in [1.54, 1.807) is 38.1 Å². The number of urea groups is 2. The largest absolute Gasteiger partial charge is 0.446 e. The Bertz CT molecular complexity index is 1360. The Balaban J connectivity index is 1.47. The first-order valence-electron chi connectivity index (χ1n) is 11.4. The summed E-state index contributed by atoms with van der Waals surface area (Å²) in [5.41, 5.74) is -3.22. The van der Waals surface area contributed by atoms with E-state index in [4.69, 9.17) is 0 Å². The predicted octanol–water partition coefficient (Wildman–Crippen LogP) is 6.39. The van der Waals surface area contributed by atoms with Gasteiger partial charge >= 0.3 is 17.6 Å². The van der Waals surface area contributed by atoms with Gasteiger partial charge in [0.25, 0.3) is 5.91 Å². The molecule has 1 fully saturated rings. The van der Waals surface area contributed by atoms with Crippen LogP contribution in [0.25, 0.3) is 0 Å². The molecule has 0 bridgehead atoms. The molecule has 0 saturated carbocycles. The molecule has 12 heteroatoms. The minimum absolute atomic E-state index is 0.0346. The molecule has 2 aromatic carbocycles. The van der Waals surface area contributed by atoms with E-state index >= 15 is 0 Å². The van der Waals surface area contributed by atoms with Crippen LogP contribution < -0.4 is 15.5 Å². The Morgan fingerprint density at radius 3 is 2.29 bits per heavy atom. The first-order valence-corrected chi connectivity index (χ1v) is 12.3. The van der Waals surface area contributed by atoms with Crippen molar-refractivity contribution in [2.24, 2.45) is 0 Å². The number of imide groups is 1. The van der Waals surface area contributed by atoms with E-state index in [1.165, 1.54) is 35.4 Å². The van der Waals surface area contributed by atoms with Gasteiger partial charge in [0.05, 0.1) is 5.69 Å². The van der Waals surface area contributed by atoms with Gasteiger partial charge in [-0.15, -0.1) is 0 Å². The topological polar surface area (TPSA) is 94.6 Å². The maximum atomic E-state index is 13.3. The molecule has 198 valence electrons. The average molecular weight is 544 g/mol. The lowest BCUT2D eigenvalue weighted by atomic mass is 10.0. The summed E-state index contributed by atoms with van der Waals surface area (Å²) >= 11 is -0.277. The third kappa shape index (κ3) is 6.08. The van der Waals surface area contributed by atoms with Gasteiger partial charge in [-0.2, -0.15) is 13.2 Å². The van der Waals surface area contributed by atoms with Gasteiger partial charge in [0.2, 0.25) is 0 Å². The zero-order valence-corrected chi connectivity index (χ0v) is 21.5. The van der Waals surface area contributed by atoms with Gasteiger partial charge in [0.1, 0.15) is 11.4 Å². The van der Waals surface area contributed by atoms with Crippen LogP contribution in [-0.4, -0.2) is 38.9 Å². The zero-order valence-electron chi connectivity index (χ0n) is 20.7. The van der Waals surface area contributed by atoms with Crippen molar-refractivity contribution in [3.63, 3.8) is 0 Å². The number of carbonyl (C=O) groups is 3. The van der Waals surface area contributed by atoms with E-state index in [0.29, 0.717) is 11.3 Å². The fourth-order valence-corrected chi connectivity index (χ4v) is 4.40. The van der Waals surface area contributed by atoms with Crippen molar-refractivity contribution in [2.45, 2.75) is 43.3 Å². The third-order valence-electron chi connectivity index (χ3n) is 5.87. The van der Waals surface area contributed by atoms with E-state index in [0.717, 1.165) is 10.5 Å². The molecule has 5 amide bonds. The first kappa shape index (κ1) is 27.0. The van der Waals surface area contributed by atoms with Crippen LogP contribution in [0.3, 0.4) is 0 Å². The van der Waals surface area contributed by atoms with E-state index < -0.39 is 29.0 Å². The summed E-state index contributed by atoms with van der Waals surface area (Å²) < 4.78 is 37.9. The lowest BCUT2D eigenvalue weighted by Gasteiger charge is -2.27. The predicted molar refractivity (Wildman–Crippen MR) is 139 cm³/mol. The minimum Gasteiger partial charge on any atom is -0.308 e. The molecule has 1 aliphatic rings. The van der Waals surface area contributed by atoms with Crippen LogP contribution >= 0.6 is 11.8 Å². The Morgan fingerprint density at radius 1 is 1.00 bits per heavy atom. The second-order valence-corrected chi connectivity index (χ2v) is 10.2. The number of anilines is 3. The number of hydrogen-bond acceptors (Lipinski definition) is 5. The lowest BCUT2D eigenvalue weighted by molar-refractivity contribution is -0.123. The van der Waals surface area contributed by atoms with Crippen molar-refractivity contribution >= 4 is 46.9 Å². The Hall–Kier alpha value is -4.06. The molecule has 1 aliphatic heterocycles.